The zero-order valence-electron chi connectivity index (χ0n) is 26.6. The quantitative estimate of drug-likeness (QED) is 0.134. The molecule has 5 aromatic rings. The van der Waals surface area contributed by atoms with Crippen molar-refractivity contribution in [1.29, 1.82) is 0 Å². The number of nitrogens with one attached hydrogen (secondary N) is 1. The zero-order valence-corrected chi connectivity index (χ0v) is 26.6. The molecule has 0 saturated heterocycles. The highest BCUT2D eigenvalue weighted by Gasteiger charge is 2.57. The molecule has 5 aromatic carbocycles. The van der Waals surface area contributed by atoms with Crippen LogP contribution in [0.4, 0.5) is 28.4 Å². The normalized spacial score (nSPS) is 16.3. The summed E-state index contributed by atoms with van der Waals surface area (Å²) in [5, 5.41) is 9.78. The molecule has 0 aliphatic carbocycles. The molecule has 0 aromatic heterocycles. The fourth-order valence-electron chi connectivity index (χ4n) is 6.69. The van der Waals surface area contributed by atoms with Gasteiger partial charge in [-0.1, -0.05) is 42.5 Å². The lowest BCUT2D eigenvalue weighted by Crippen LogP contribution is -2.44. The molecule has 1 spiro atoms. The van der Waals surface area contributed by atoms with Crippen molar-refractivity contribution in [3.8, 4) is 11.5 Å². The number of aliphatic imine (C=N–C) groups is 1. The first-order chi connectivity index (χ1) is 22.9. The maximum Gasteiger partial charge on any atom is 0.275 e. The molecule has 1 atom stereocenters. The Kier molecular flexibility index (Phi) is 7.69. The largest absolute Gasteiger partial charge is 0.456 e. The molecule has 3 N–H and O–H groups in total. The van der Waals surface area contributed by atoms with Gasteiger partial charge in [0.05, 0.1) is 11.9 Å². The van der Waals surface area contributed by atoms with Gasteiger partial charge in [0.1, 0.15) is 17.0 Å². The highest BCUT2D eigenvalue weighted by atomic mass is 16.5. The molecule has 0 radical (unpaired) electrons. The Hall–Kier alpha value is -5.89. The molecular weight excluding hydrogens is 584 g/mol. The lowest BCUT2D eigenvalue weighted by atomic mass is 9.74. The highest BCUT2D eigenvalue weighted by Crippen LogP contribution is 2.58. The number of carbonyl (C=O) groups is 1. The van der Waals surface area contributed by atoms with E-state index in [2.05, 4.69) is 48.1 Å². The number of nitrogens with two attached hydrogens (primary N) is 1. The van der Waals surface area contributed by atoms with Gasteiger partial charge >= 0.3 is 0 Å². The number of nitrogens with zero attached hydrogens (tertiary/aromatic N) is 4. The van der Waals surface area contributed by atoms with Crippen molar-refractivity contribution in [2.45, 2.75) is 26.3 Å². The van der Waals surface area contributed by atoms with Crippen molar-refractivity contribution in [2.75, 3.05) is 29.0 Å². The van der Waals surface area contributed by atoms with Gasteiger partial charge in [0.15, 0.2) is 0 Å². The third-order valence-electron chi connectivity index (χ3n) is 8.87. The van der Waals surface area contributed by atoms with Gasteiger partial charge in [-0.05, 0) is 80.9 Å². The summed E-state index contributed by atoms with van der Waals surface area (Å²) >= 11 is 0. The average molecular weight is 621 g/mol. The second kappa shape index (κ2) is 12.1. The molecule has 2 aliphatic heterocycles. The first-order valence-corrected chi connectivity index (χ1v) is 15.8. The van der Waals surface area contributed by atoms with Crippen LogP contribution in [-0.2, 0) is 5.54 Å². The molecule has 8 heteroatoms. The van der Waals surface area contributed by atoms with E-state index in [1.165, 1.54) is 0 Å². The number of carbonyl (C=O) groups excluding carboxylic acids is 1. The molecule has 1 amide bonds. The molecule has 0 bridgehead atoms. The second-order valence-electron chi connectivity index (χ2n) is 11.6. The summed E-state index contributed by atoms with van der Waals surface area (Å²) in [6.07, 6.45) is 3.19. The van der Waals surface area contributed by atoms with Crippen molar-refractivity contribution < 1.29 is 9.53 Å². The Morgan fingerprint density at radius 1 is 0.809 bits per heavy atom. The van der Waals surface area contributed by atoms with E-state index < -0.39 is 5.54 Å². The number of benzene rings is 5. The number of fused-ring (bicyclic) bond motifs is 6. The van der Waals surface area contributed by atoms with Crippen LogP contribution >= 0.6 is 0 Å². The summed E-state index contributed by atoms with van der Waals surface area (Å²) < 4.78 is 6.58. The van der Waals surface area contributed by atoms with Crippen LogP contribution in [0.2, 0.25) is 0 Å². The van der Waals surface area contributed by atoms with Crippen molar-refractivity contribution in [1.82, 2.24) is 5.01 Å². The van der Waals surface area contributed by atoms with E-state index in [-0.39, 0.29) is 5.91 Å². The molecule has 47 heavy (non-hydrogen) atoms. The minimum atomic E-state index is -1.08. The van der Waals surface area contributed by atoms with E-state index in [4.69, 9.17) is 15.6 Å². The maximum absolute atomic E-state index is 14.2. The Bertz CT molecular complexity index is 2020. The molecular formula is C39H36N6O2. The predicted octanol–water partition coefficient (Wildman–Crippen LogP) is 8.41. The Labute approximate surface area is 274 Å². The van der Waals surface area contributed by atoms with Gasteiger partial charge in [-0.15, -0.1) is 0 Å². The molecule has 0 fully saturated rings. The number of hydrogen-bond donors (Lipinski definition) is 2. The summed E-state index contributed by atoms with van der Waals surface area (Å²) in [6, 6.07) is 35.3. The Morgan fingerprint density at radius 2 is 1.51 bits per heavy atom. The first kappa shape index (κ1) is 29.8. The monoisotopic (exact) mass is 620 g/mol. The van der Waals surface area contributed by atoms with Crippen molar-refractivity contribution >= 4 is 46.8 Å². The van der Waals surface area contributed by atoms with Crippen LogP contribution in [-0.4, -0.2) is 36.4 Å². The van der Waals surface area contributed by atoms with E-state index in [0.717, 1.165) is 58.1 Å². The summed E-state index contributed by atoms with van der Waals surface area (Å²) in [6.45, 7) is 8.09. The predicted molar refractivity (Wildman–Crippen MR) is 191 cm³/mol. The van der Waals surface area contributed by atoms with Crippen molar-refractivity contribution in [2.24, 2.45) is 10.1 Å². The summed E-state index contributed by atoms with van der Waals surface area (Å²) in [7, 11) is 0. The third kappa shape index (κ3) is 5.08. The number of hydrazone groups is 1. The maximum atomic E-state index is 14.2. The van der Waals surface area contributed by atoms with Crippen LogP contribution in [0, 0.1) is 6.92 Å². The number of aryl methyl sites for hydroxylation is 1. The number of ether oxygens (including phenoxy) is 1. The Morgan fingerprint density at radius 3 is 2.28 bits per heavy atom. The first-order valence-electron chi connectivity index (χ1n) is 15.8. The lowest BCUT2D eigenvalue weighted by molar-refractivity contribution is 0.0675. The SMILES string of the molecule is CCN(CC)c1cc2c(cc1C)C1(c3ccc(N)cc3O2)c2ccccc2C(=O)N1N=CC=Nc1ccc(Nc2ccccc2)cc1. The van der Waals surface area contributed by atoms with Crippen molar-refractivity contribution in [3.05, 3.63) is 137 Å². The smallest absolute Gasteiger partial charge is 0.275 e. The topological polar surface area (TPSA) is 95.5 Å². The fraction of sp³-hybridized carbons (Fsp3) is 0.154. The molecule has 1 unspecified atom stereocenters. The van der Waals surface area contributed by atoms with Crippen LogP contribution in [0.3, 0.4) is 0 Å². The van der Waals surface area contributed by atoms with Gasteiger partial charge in [0, 0.05) is 76.4 Å². The van der Waals surface area contributed by atoms with E-state index >= 15 is 0 Å². The van der Waals surface area contributed by atoms with Gasteiger partial charge in [0.25, 0.3) is 5.91 Å². The molecule has 234 valence electrons. The van der Waals surface area contributed by atoms with Crippen LogP contribution in [0.5, 0.6) is 11.5 Å². The minimum absolute atomic E-state index is 0.206. The fourth-order valence-corrected chi connectivity index (χ4v) is 6.69. The molecule has 8 nitrogen and oxygen atoms in total. The van der Waals surface area contributed by atoms with E-state index in [0.29, 0.717) is 22.7 Å². The van der Waals surface area contributed by atoms with E-state index in [9.17, 15) is 4.79 Å². The van der Waals surface area contributed by atoms with E-state index in [1.54, 1.807) is 17.4 Å². The standard InChI is InChI=1S/C39H36N6O2/c1-4-44(5-2)35-25-37-34(23-26(35)3)39(33-20-15-27(40)24-36(33)47-37)32-14-10-9-13-31(32)38(46)45(39)42-22-21-41-28-16-18-30(19-17-28)43-29-11-7-6-8-12-29/h6-25,43H,4-5,40H2,1-3H3. The minimum Gasteiger partial charge on any atom is -0.456 e. The van der Waals surface area contributed by atoms with Crippen LogP contribution < -0.4 is 20.7 Å². The third-order valence-corrected chi connectivity index (χ3v) is 8.87. The number of hydrogen-bond acceptors (Lipinski definition) is 7. The summed E-state index contributed by atoms with van der Waals surface area (Å²) in [5.74, 6) is 1.05. The van der Waals surface area contributed by atoms with E-state index in [1.807, 2.05) is 97.1 Å². The summed E-state index contributed by atoms with van der Waals surface area (Å²) in [4.78, 5) is 21.1. The average Bonchev–Trinajstić information content (AvgIpc) is 3.33. The molecule has 0 saturated carbocycles. The summed E-state index contributed by atoms with van der Waals surface area (Å²) in [5.41, 5.74) is 13.7. The second-order valence-corrected chi connectivity index (χ2v) is 11.6. The van der Waals surface area contributed by atoms with Gasteiger partial charge in [-0.3, -0.25) is 9.79 Å². The number of amides is 1. The lowest BCUT2D eigenvalue weighted by Gasteiger charge is -2.42. The number of anilines is 4. The van der Waals surface area contributed by atoms with Gasteiger partial charge in [-0.25, -0.2) is 5.01 Å². The van der Waals surface area contributed by atoms with Gasteiger partial charge in [0.2, 0.25) is 0 Å². The number of rotatable bonds is 8. The molecule has 2 aliphatic rings. The Balaban J connectivity index is 1.30. The number of para-hydroxylation sites is 1. The van der Waals surface area contributed by atoms with Crippen LogP contribution in [0.15, 0.2) is 119 Å². The number of nitrogen functional groups attached to an aromatic ring is 1. The van der Waals surface area contributed by atoms with Gasteiger partial charge in [-0.2, -0.15) is 5.10 Å². The highest BCUT2D eigenvalue weighted by molar-refractivity contribution is 6.17. The van der Waals surface area contributed by atoms with Crippen molar-refractivity contribution in [3.63, 3.8) is 0 Å². The van der Waals surface area contributed by atoms with Gasteiger partial charge < -0.3 is 20.7 Å². The molecule has 7 rings (SSSR count). The molecule has 2 heterocycles. The van der Waals surface area contributed by atoms with Crippen LogP contribution in [0.1, 0.15) is 46.5 Å². The van der Waals surface area contributed by atoms with Crippen LogP contribution in [0.25, 0.3) is 0 Å². The zero-order chi connectivity index (χ0) is 32.5.